The van der Waals surface area contributed by atoms with Crippen molar-refractivity contribution in [3.8, 4) is 0 Å². The molecular formula is C10H10F9N3O3. The molecule has 6 nitrogen and oxygen atoms in total. The molecule has 0 atom stereocenters. The van der Waals surface area contributed by atoms with E-state index in [4.69, 9.17) is 0 Å². The summed E-state index contributed by atoms with van der Waals surface area (Å²) < 4.78 is 108. The maximum atomic E-state index is 12.3. The Labute approximate surface area is 133 Å². The van der Waals surface area contributed by atoms with Gasteiger partial charge in [-0.1, -0.05) is 0 Å². The molecule has 0 fully saturated rings. The number of hydrogen-bond donors (Lipinski definition) is 2. The third kappa shape index (κ3) is 8.44. The van der Waals surface area contributed by atoms with Gasteiger partial charge in [-0.15, -0.1) is 0 Å². The molecule has 0 aromatic rings. The van der Waals surface area contributed by atoms with Gasteiger partial charge in [0.15, 0.2) is 0 Å². The minimum Gasteiger partial charge on any atom is -0.346 e. The van der Waals surface area contributed by atoms with Gasteiger partial charge in [0.25, 0.3) is 0 Å². The molecule has 0 saturated carbocycles. The zero-order valence-corrected chi connectivity index (χ0v) is 11.9. The molecule has 0 spiro atoms. The molecule has 146 valence electrons. The van der Waals surface area contributed by atoms with E-state index in [2.05, 4.69) is 0 Å². The molecule has 3 amide bonds. The summed E-state index contributed by atoms with van der Waals surface area (Å²) in [5, 5.41) is 2.38. The third-order valence-electron chi connectivity index (χ3n) is 2.38. The van der Waals surface area contributed by atoms with E-state index in [1.165, 1.54) is 10.6 Å². The van der Waals surface area contributed by atoms with Crippen molar-refractivity contribution in [2.24, 2.45) is 0 Å². The summed E-state index contributed by atoms with van der Waals surface area (Å²) >= 11 is 0. The van der Waals surface area contributed by atoms with Crippen LogP contribution < -0.4 is 10.6 Å². The molecule has 15 heteroatoms. The molecule has 0 rings (SSSR count). The zero-order chi connectivity index (χ0) is 20.1. The molecule has 0 bridgehead atoms. The van der Waals surface area contributed by atoms with Crippen LogP contribution in [0.15, 0.2) is 0 Å². The molecule has 0 saturated heterocycles. The van der Waals surface area contributed by atoms with Gasteiger partial charge in [0, 0.05) is 26.2 Å². The number of hydrogen-bond acceptors (Lipinski definition) is 3. The first kappa shape index (κ1) is 22.8. The minimum atomic E-state index is -5.46. The van der Waals surface area contributed by atoms with Gasteiger partial charge in [-0.25, -0.2) is 0 Å². The van der Waals surface area contributed by atoms with Gasteiger partial charge in [-0.2, -0.15) is 39.5 Å². The Morgan fingerprint density at radius 3 is 1.20 bits per heavy atom. The summed E-state index contributed by atoms with van der Waals surface area (Å²) in [6, 6.07) is 0. The smallest absolute Gasteiger partial charge is 0.346 e. The zero-order valence-electron chi connectivity index (χ0n) is 11.9. The van der Waals surface area contributed by atoms with E-state index in [1.54, 1.807) is 0 Å². The van der Waals surface area contributed by atoms with Gasteiger partial charge < -0.3 is 15.5 Å². The van der Waals surface area contributed by atoms with Crippen molar-refractivity contribution < 1.29 is 53.9 Å². The van der Waals surface area contributed by atoms with Gasteiger partial charge in [-0.05, 0) is 0 Å². The summed E-state index contributed by atoms with van der Waals surface area (Å²) in [6.07, 6.45) is -16.1. The predicted octanol–water partition coefficient (Wildman–Crippen LogP) is 0.734. The standard InChI is InChI=1S/C10H10F9N3O3/c11-8(12,13)5(23)20-1-3-22(7(25)10(17,18)19)4-2-21-6(24)9(14,15)16/h1-4H2,(H,20,23)(H,21,24). The second kappa shape index (κ2) is 8.24. The summed E-state index contributed by atoms with van der Waals surface area (Å²) in [7, 11) is 0. The molecule has 0 aliphatic heterocycles. The lowest BCUT2D eigenvalue weighted by Crippen LogP contribution is -2.49. The van der Waals surface area contributed by atoms with Crippen molar-refractivity contribution in [2.75, 3.05) is 26.2 Å². The quantitative estimate of drug-likeness (QED) is 0.656. The largest absolute Gasteiger partial charge is 0.471 e. The number of amides is 3. The Bertz CT molecular complexity index is 467. The van der Waals surface area contributed by atoms with Crippen LogP contribution in [0.25, 0.3) is 0 Å². The Morgan fingerprint density at radius 2 is 0.960 bits per heavy atom. The topological polar surface area (TPSA) is 78.5 Å². The number of nitrogens with one attached hydrogen (secondary N) is 2. The van der Waals surface area contributed by atoms with Crippen LogP contribution in [0.1, 0.15) is 0 Å². The van der Waals surface area contributed by atoms with Crippen LogP contribution in [-0.4, -0.2) is 67.3 Å². The Balaban J connectivity index is 4.71. The lowest BCUT2D eigenvalue weighted by atomic mass is 10.4. The van der Waals surface area contributed by atoms with E-state index in [1.807, 2.05) is 0 Å². The molecule has 25 heavy (non-hydrogen) atoms. The first-order valence-corrected chi connectivity index (χ1v) is 6.13. The second-order valence-electron chi connectivity index (χ2n) is 4.30. The highest BCUT2D eigenvalue weighted by Crippen LogP contribution is 2.18. The molecule has 0 aromatic carbocycles. The summed E-state index contributed by atoms with van der Waals surface area (Å²) in [6.45, 7) is -4.26. The molecule has 0 unspecified atom stereocenters. The van der Waals surface area contributed by atoms with Crippen molar-refractivity contribution in [1.29, 1.82) is 0 Å². The molecule has 0 aliphatic rings. The van der Waals surface area contributed by atoms with E-state index < -0.39 is 62.4 Å². The monoisotopic (exact) mass is 391 g/mol. The van der Waals surface area contributed by atoms with Gasteiger partial charge in [0.05, 0.1) is 0 Å². The van der Waals surface area contributed by atoms with Crippen LogP contribution in [0.5, 0.6) is 0 Å². The van der Waals surface area contributed by atoms with Gasteiger partial charge >= 0.3 is 36.3 Å². The van der Waals surface area contributed by atoms with Crippen LogP contribution in [0.3, 0.4) is 0 Å². The predicted molar refractivity (Wildman–Crippen MR) is 60.8 cm³/mol. The van der Waals surface area contributed by atoms with Crippen molar-refractivity contribution in [1.82, 2.24) is 15.5 Å². The van der Waals surface area contributed by atoms with Gasteiger partial charge in [-0.3, -0.25) is 14.4 Å². The number of nitrogens with zero attached hydrogens (tertiary/aromatic N) is 1. The van der Waals surface area contributed by atoms with E-state index in [-0.39, 0.29) is 4.90 Å². The fourth-order valence-corrected chi connectivity index (χ4v) is 1.30. The fraction of sp³-hybridized carbons (Fsp3) is 0.700. The van der Waals surface area contributed by atoms with Crippen LogP contribution in [0.4, 0.5) is 39.5 Å². The maximum Gasteiger partial charge on any atom is 0.471 e. The Morgan fingerprint density at radius 1 is 0.640 bits per heavy atom. The van der Waals surface area contributed by atoms with Crippen LogP contribution in [-0.2, 0) is 14.4 Å². The summed E-state index contributed by atoms with van der Waals surface area (Å²) in [5.41, 5.74) is 0. The average molecular weight is 391 g/mol. The average Bonchev–Trinajstić information content (AvgIpc) is 2.41. The van der Waals surface area contributed by atoms with Crippen molar-refractivity contribution in [3.63, 3.8) is 0 Å². The van der Waals surface area contributed by atoms with E-state index >= 15 is 0 Å². The normalized spacial score (nSPS) is 12.5. The maximum absolute atomic E-state index is 12.3. The van der Waals surface area contributed by atoms with Gasteiger partial charge in [0.2, 0.25) is 0 Å². The highest BCUT2D eigenvalue weighted by Gasteiger charge is 2.43. The van der Waals surface area contributed by atoms with Crippen molar-refractivity contribution >= 4 is 17.7 Å². The highest BCUT2D eigenvalue weighted by atomic mass is 19.4. The first-order chi connectivity index (χ1) is 11.1. The van der Waals surface area contributed by atoms with Crippen LogP contribution >= 0.6 is 0 Å². The SMILES string of the molecule is O=C(NCCN(CCNC(=O)C(F)(F)F)C(=O)C(F)(F)F)C(F)(F)F. The second-order valence-corrected chi connectivity index (χ2v) is 4.30. The number of halogens is 9. The molecule has 2 N–H and O–H groups in total. The number of rotatable bonds is 6. The van der Waals surface area contributed by atoms with E-state index in [9.17, 15) is 53.9 Å². The Hall–Kier alpha value is -2.22. The van der Waals surface area contributed by atoms with Crippen molar-refractivity contribution in [2.45, 2.75) is 18.5 Å². The molecular weight excluding hydrogens is 381 g/mol. The minimum absolute atomic E-state index is 0.159. The van der Waals surface area contributed by atoms with E-state index in [0.29, 0.717) is 0 Å². The van der Waals surface area contributed by atoms with Crippen LogP contribution in [0, 0.1) is 0 Å². The summed E-state index contributed by atoms with van der Waals surface area (Å²) in [5.74, 6) is -7.51. The summed E-state index contributed by atoms with van der Waals surface area (Å²) in [4.78, 5) is 31.8. The lowest BCUT2D eigenvalue weighted by Gasteiger charge is -2.24. The lowest BCUT2D eigenvalue weighted by molar-refractivity contribution is -0.186. The van der Waals surface area contributed by atoms with E-state index in [0.717, 1.165) is 0 Å². The Kier molecular flexibility index (Phi) is 7.51. The third-order valence-corrected chi connectivity index (χ3v) is 2.38. The van der Waals surface area contributed by atoms with Gasteiger partial charge in [0.1, 0.15) is 0 Å². The number of alkyl halides is 9. The number of carbonyl (C=O) groups excluding carboxylic acids is 3. The molecule has 0 radical (unpaired) electrons. The highest BCUT2D eigenvalue weighted by molar-refractivity contribution is 5.83. The van der Waals surface area contributed by atoms with Crippen LogP contribution in [0.2, 0.25) is 0 Å². The number of carbonyl (C=O) groups is 3. The molecule has 0 aliphatic carbocycles. The first-order valence-electron chi connectivity index (χ1n) is 6.13. The van der Waals surface area contributed by atoms with Crippen molar-refractivity contribution in [3.05, 3.63) is 0 Å². The molecule has 0 heterocycles. The molecule has 0 aromatic heterocycles. The fourth-order valence-electron chi connectivity index (χ4n) is 1.30.